The molecule has 0 bridgehead atoms. The molecular formula is C18H21N. The van der Waals surface area contributed by atoms with E-state index in [0.29, 0.717) is 0 Å². The van der Waals surface area contributed by atoms with Crippen molar-refractivity contribution < 1.29 is 0 Å². The third-order valence-corrected chi connectivity index (χ3v) is 3.98. The predicted octanol–water partition coefficient (Wildman–Crippen LogP) is 4.12. The van der Waals surface area contributed by atoms with Gasteiger partial charge in [-0.1, -0.05) is 55.5 Å². The van der Waals surface area contributed by atoms with Crippen molar-refractivity contribution in [3.63, 3.8) is 0 Å². The van der Waals surface area contributed by atoms with Crippen molar-refractivity contribution in [3.05, 3.63) is 59.7 Å². The first kappa shape index (κ1) is 12.4. The fraction of sp³-hybridized carbons (Fsp3) is 0.333. The van der Waals surface area contributed by atoms with Crippen LogP contribution in [0, 0.1) is 0 Å². The first-order valence-electron chi connectivity index (χ1n) is 7.27. The standard InChI is InChI=1S/C18H21N/c1-2-12-19-13-11-16-9-6-10-17(18(16)14-19)15-7-4-3-5-8-15/h3-10H,2,11-14H2,1H3. The van der Waals surface area contributed by atoms with E-state index >= 15 is 0 Å². The van der Waals surface area contributed by atoms with E-state index < -0.39 is 0 Å². The summed E-state index contributed by atoms with van der Waals surface area (Å²) >= 11 is 0. The maximum Gasteiger partial charge on any atom is 0.0242 e. The number of fused-ring (bicyclic) bond motifs is 1. The summed E-state index contributed by atoms with van der Waals surface area (Å²) in [4.78, 5) is 2.58. The first-order valence-corrected chi connectivity index (χ1v) is 7.27. The minimum atomic E-state index is 1.11. The molecule has 0 spiro atoms. The van der Waals surface area contributed by atoms with E-state index in [4.69, 9.17) is 0 Å². The van der Waals surface area contributed by atoms with Crippen LogP contribution in [-0.4, -0.2) is 18.0 Å². The first-order chi connectivity index (χ1) is 9.38. The molecule has 0 amide bonds. The molecule has 1 aliphatic heterocycles. The highest BCUT2D eigenvalue weighted by Crippen LogP contribution is 2.30. The van der Waals surface area contributed by atoms with Gasteiger partial charge in [0.2, 0.25) is 0 Å². The second kappa shape index (κ2) is 5.58. The summed E-state index contributed by atoms with van der Waals surface area (Å²) in [5, 5.41) is 0. The van der Waals surface area contributed by atoms with Crippen LogP contribution in [0.25, 0.3) is 11.1 Å². The maximum atomic E-state index is 2.58. The zero-order valence-electron chi connectivity index (χ0n) is 11.6. The van der Waals surface area contributed by atoms with E-state index in [1.54, 1.807) is 0 Å². The molecule has 98 valence electrons. The van der Waals surface area contributed by atoms with Gasteiger partial charge in [0.1, 0.15) is 0 Å². The number of hydrogen-bond acceptors (Lipinski definition) is 1. The normalized spacial score (nSPS) is 15.2. The summed E-state index contributed by atoms with van der Waals surface area (Å²) in [5.74, 6) is 0. The molecular weight excluding hydrogens is 230 g/mol. The van der Waals surface area contributed by atoms with E-state index in [1.807, 2.05) is 0 Å². The Labute approximate surface area is 115 Å². The molecule has 1 heterocycles. The largest absolute Gasteiger partial charge is 0.299 e. The third kappa shape index (κ3) is 2.57. The molecule has 1 nitrogen and oxygen atoms in total. The smallest absolute Gasteiger partial charge is 0.0242 e. The summed E-state index contributed by atoms with van der Waals surface area (Å²) in [6.07, 6.45) is 2.43. The molecule has 1 aliphatic rings. The Balaban J connectivity index is 1.99. The van der Waals surface area contributed by atoms with Crippen LogP contribution in [0.5, 0.6) is 0 Å². The summed E-state index contributed by atoms with van der Waals surface area (Å²) in [6, 6.07) is 17.5. The van der Waals surface area contributed by atoms with E-state index in [-0.39, 0.29) is 0 Å². The van der Waals surface area contributed by atoms with Crippen LogP contribution in [0.15, 0.2) is 48.5 Å². The molecule has 2 aromatic carbocycles. The predicted molar refractivity (Wildman–Crippen MR) is 81.2 cm³/mol. The Bertz CT molecular complexity index is 545. The van der Waals surface area contributed by atoms with Gasteiger partial charge in [-0.25, -0.2) is 0 Å². The van der Waals surface area contributed by atoms with Crippen LogP contribution in [0.2, 0.25) is 0 Å². The summed E-state index contributed by atoms with van der Waals surface area (Å²) in [6.45, 7) is 5.79. The van der Waals surface area contributed by atoms with Gasteiger partial charge in [0.15, 0.2) is 0 Å². The van der Waals surface area contributed by atoms with Crippen molar-refractivity contribution in [2.24, 2.45) is 0 Å². The zero-order chi connectivity index (χ0) is 13.1. The van der Waals surface area contributed by atoms with Gasteiger partial charge < -0.3 is 0 Å². The lowest BCUT2D eigenvalue weighted by molar-refractivity contribution is 0.255. The van der Waals surface area contributed by atoms with Crippen LogP contribution < -0.4 is 0 Å². The quantitative estimate of drug-likeness (QED) is 0.793. The van der Waals surface area contributed by atoms with Crippen LogP contribution in [0.4, 0.5) is 0 Å². The minimum Gasteiger partial charge on any atom is -0.299 e. The van der Waals surface area contributed by atoms with Crippen molar-refractivity contribution in [2.75, 3.05) is 13.1 Å². The molecule has 3 rings (SSSR count). The molecule has 0 saturated carbocycles. The van der Waals surface area contributed by atoms with Gasteiger partial charge in [-0.2, -0.15) is 0 Å². The van der Waals surface area contributed by atoms with E-state index in [1.165, 1.54) is 48.2 Å². The Morgan fingerprint density at radius 3 is 2.63 bits per heavy atom. The molecule has 0 aliphatic carbocycles. The highest BCUT2D eigenvalue weighted by atomic mass is 15.1. The Kier molecular flexibility index (Phi) is 3.65. The molecule has 0 fully saturated rings. The molecule has 19 heavy (non-hydrogen) atoms. The van der Waals surface area contributed by atoms with Crippen LogP contribution >= 0.6 is 0 Å². The maximum absolute atomic E-state index is 2.58. The minimum absolute atomic E-state index is 1.11. The molecule has 0 aromatic heterocycles. The highest BCUT2D eigenvalue weighted by molar-refractivity contribution is 5.69. The van der Waals surface area contributed by atoms with Crippen LogP contribution in [0.3, 0.4) is 0 Å². The lowest BCUT2D eigenvalue weighted by Gasteiger charge is -2.30. The van der Waals surface area contributed by atoms with Gasteiger partial charge >= 0.3 is 0 Å². The average Bonchev–Trinajstić information content (AvgIpc) is 2.48. The molecule has 2 aromatic rings. The van der Waals surface area contributed by atoms with Crippen molar-refractivity contribution in [3.8, 4) is 11.1 Å². The van der Waals surface area contributed by atoms with Crippen LogP contribution in [0.1, 0.15) is 24.5 Å². The Hall–Kier alpha value is -1.60. The number of rotatable bonds is 3. The molecule has 0 atom stereocenters. The van der Waals surface area contributed by atoms with Gasteiger partial charge in [0.25, 0.3) is 0 Å². The molecule has 0 saturated heterocycles. The number of benzene rings is 2. The van der Waals surface area contributed by atoms with Crippen molar-refractivity contribution >= 4 is 0 Å². The average molecular weight is 251 g/mol. The summed E-state index contributed by atoms with van der Waals surface area (Å²) < 4.78 is 0. The topological polar surface area (TPSA) is 3.24 Å². The molecule has 1 heteroatoms. The SMILES string of the molecule is CCCN1CCc2cccc(-c3ccccc3)c2C1. The Morgan fingerprint density at radius 1 is 1.00 bits per heavy atom. The van der Waals surface area contributed by atoms with E-state index in [0.717, 1.165) is 6.54 Å². The number of hydrogen-bond donors (Lipinski definition) is 0. The summed E-state index contributed by atoms with van der Waals surface area (Å²) in [7, 11) is 0. The van der Waals surface area contributed by atoms with Gasteiger partial charge in [0.05, 0.1) is 0 Å². The third-order valence-electron chi connectivity index (χ3n) is 3.98. The summed E-state index contributed by atoms with van der Waals surface area (Å²) in [5.41, 5.74) is 5.83. The second-order valence-electron chi connectivity index (χ2n) is 5.34. The van der Waals surface area contributed by atoms with Gasteiger partial charge in [0, 0.05) is 13.1 Å². The lowest BCUT2D eigenvalue weighted by Crippen LogP contribution is -2.31. The van der Waals surface area contributed by atoms with Gasteiger partial charge in [-0.3, -0.25) is 4.90 Å². The van der Waals surface area contributed by atoms with Crippen molar-refractivity contribution in [1.82, 2.24) is 4.90 Å². The highest BCUT2D eigenvalue weighted by Gasteiger charge is 2.18. The molecule has 0 unspecified atom stereocenters. The van der Waals surface area contributed by atoms with Gasteiger partial charge in [-0.15, -0.1) is 0 Å². The van der Waals surface area contributed by atoms with Crippen molar-refractivity contribution in [1.29, 1.82) is 0 Å². The fourth-order valence-corrected chi connectivity index (χ4v) is 3.03. The van der Waals surface area contributed by atoms with Gasteiger partial charge in [-0.05, 0) is 41.6 Å². The van der Waals surface area contributed by atoms with Crippen LogP contribution in [-0.2, 0) is 13.0 Å². The van der Waals surface area contributed by atoms with E-state index in [2.05, 4.69) is 60.4 Å². The lowest BCUT2D eigenvalue weighted by atomic mass is 9.91. The Morgan fingerprint density at radius 2 is 1.84 bits per heavy atom. The fourth-order valence-electron chi connectivity index (χ4n) is 3.03. The monoisotopic (exact) mass is 251 g/mol. The molecule has 0 N–H and O–H groups in total. The number of nitrogens with zero attached hydrogens (tertiary/aromatic N) is 1. The van der Waals surface area contributed by atoms with Crippen molar-refractivity contribution in [2.45, 2.75) is 26.3 Å². The zero-order valence-corrected chi connectivity index (χ0v) is 11.6. The molecule has 0 radical (unpaired) electrons. The van der Waals surface area contributed by atoms with E-state index in [9.17, 15) is 0 Å². The second-order valence-corrected chi connectivity index (χ2v) is 5.34.